The van der Waals surface area contributed by atoms with Gasteiger partial charge in [-0.1, -0.05) is 12.8 Å². The number of hydrogen-bond acceptors (Lipinski definition) is 4. The van der Waals surface area contributed by atoms with Crippen molar-refractivity contribution in [2.24, 2.45) is 5.92 Å². The summed E-state index contributed by atoms with van der Waals surface area (Å²) in [5.74, 6) is 1.49. The summed E-state index contributed by atoms with van der Waals surface area (Å²) >= 11 is 0. The molecule has 0 aromatic heterocycles. The highest BCUT2D eigenvalue weighted by atomic mass is 16.5. The van der Waals surface area contributed by atoms with E-state index >= 15 is 0 Å². The third-order valence-electron chi connectivity index (χ3n) is 5.31. The minimum absolute atomic E-state index is 0.00919. The number of carbonyl (C=O) groups is 2. The molecule has 0 radical (unpaired) electrons. The predicted octanol–water partition coefficient (Wildman–Crippen LogP) is 2.72. The molecule has 27 heavy (non-hydrogen) atoms. The van der Waals surface area contributed by atoms with E-state index in [9.17, 15) is 9.59 Å². The van der Waals surface area contributed by atoms with Gasteiger partial charge in [-0.25, -0.2) is 0 Å². The number of amides is 2. The van der Waals surface area contributed by atoms with Gasteiger partial charge in [0.2, 0.25) is 11.8 Å². The van der Waals surface area contributed by atoms with Crippen molar-refractivity contribution in [3.05, 3.63) is 23.3 Å². The van der Waals surface area contributed by atoms with Crippen LogP contribution >= 0.6 is 0 Å². The Labute approximate surface area is 161 Å². The average molecular weight is 374 g/mol. The zero-order valence-electron chi connectivity index (χ0n) is 16.5. The fraction of sp³-hybridized carbons (Fsp3) is 0.619. The van der Waals surface area contributed by atoms with Gasteiger partial charge in [0.05, 0.1) is 6.61 Å². The van der Waals surface area contributed by atoms with Crippen LogP contribution in [0.15, 0.2) is 12.1 Å². The molecule has 2 atom stereocenters. The molecule has 2 amide bonds. The van der Waals surface area contributed by atoms with E-state index in [2.05, 4.69) is 10.6 Å². The number of benzene rings is 1. The molecule has 0 saturated heterocycles. The zero-order chi connectivity index (χ0) is 19.4. The predicted molar refractivity (Wildman–Crippen MR) is 103 cm³/mol. The standard InChI is InChI=1S/C21H30N2O4/c1-4-26-18-10-16-9-13(2)27-19(16)11-17(18)12-22-20(24)14(3)23-21(25)15-7-5-6-8-15/h10-11,13-15H,4-9,12H2,1-3H3,(H,22,24)(H,23,25)/t13-,14+/m0/s1. The maximum atomic E-state index is 12.4. The van der Waals surface area contributed by atoms with Crippen LogP contribution < -0.4 is 20.1 Å². The first-order valence-electron chi connectivity index (χ1n) is 10.0. The number of ether oxygens (including phenoxy) is 2. The second-order valence-electron chi connectivity index (χ2n) is 7.56. The summed E-state index contributed by atoms with van der Waals surface area (Å²) < 4.78 is 11.6. The van der Waals surface area contributed by atoms with Crippen molar-refractivity contribution in [2.45, 2.75) is 71.6 Å². The lowest BCUT2D eigenvalue weighted by atomic mass is 10.1. The molecule has 0 unspecified atom stereocenters. The second kappa shape index (κ2) is 8.63. The summed E-state index contributed by atoms with van der Waals surface area (Å²) in [5, 5.41) is 5.74. The molecule has 6 heteroatoms. The van der Waals surface area contributed by atoms with Gasteiger partial charge in [0.25, 0.3) is 0 Å². The molecular weight excluding hydrogens is 344 g/mol. The second-order valence-corrected chi connectivity index (χ2v) is 7.56. The summed E-state index contributed by atoms with van der Waals surface area (Å²) in [6.07, 6.45) is 5.06. The van der Waals surface area contributed by atoms with E-state index < -0.39 is 6.04 Å². The quantitative estimate of drug-likeness (QED) is 0.769. The van der Waals surface area contributed by atoms with Crippen molar-refractivity contribution in [2.75, 3.05) is 6.61 Å². The topological polar surface area (TPSA) is 76.7 Å². The van der Waals surface area contributed by atoms with E-state index in [1.807, 2.05) is 26.0 Å². The summed E-state index contributed by atoms with van der Waals surface area (Å²) in [5.41, 5.74) is 2.02. The van der Waals surface area contributed by atoms with Crippen LogP contribution in [0.3, 0.4) is 0 Å². The number of fused-ring (bicyclic) bond motifs is 1. The maximum absolute atomic E-state index is 12.4. The lowest BCUT2D eigenvalue weighted by Gasteiger charge is -2.18. The van der Waals surface area contributed by atoms with E-state index in [0.717, 1.165) is 54.7 Å². The molecule has 2 N–H and O–H groups in total. The molecule has 2 aliphatic rings. The molecule has 0 bridgehead atoms. The Kier molecular flexibility index (Phi) is 6.24. The lowest BCUT2D eigenvalue weighted by Crippen LogP contribution is -2.46. The van der Waals surface area contributed by atoms with Gasteiger partial charge in [-0.3, -0.25) is 9.59 Å². The number of hydrogen-bond donors (Lipinski definition) is 2. The molecule has 1 fully saturated rings. The van der Waals surface area contributed by atoms with Crippen molar-refractivity contribution in [1.29, 1.82) is 0 Å². The Hall–Kier alpha value is -2.24. The van der Waals surface area contributed by atoms with Crippen LogP contribution in [0.4, 0.5) is 0 Å². The average Bonchev–Trinajstić information content (AvgIpc) is 3.28. The number of nitrogens with one attached hydrogen (secondary N) is 2. The SMILES string of the molecule is CCOc1cc2c(cc1CNC(=O)[C@@H](C)NC(=O)C1CCCC1)O[C@@H](C)C2. The summed E-state index contributed by atoms with van der Waals surface area (Å²) in [4.78, 5) is 24.6. The zero-order valence-corrected chi connectivity index (χ0v) is 16.5. The van der Waals surface area contributed by atoms with Gasteiger partial charge in [0.15, 0.2) is 0 Å². The van der Waals surface area contributed by atoms with E-state index in [4.69, 9.17) is 9.47 Å². The molecule has 1 saturated carbocycles. The van der Waals surface area contributed by atoms with Gasteiger partial charge in [-0.05, 0) is 45.7 Å². The number of rotatable bonds is 7. The van der Waals surface area contributed by atoms with Gasteiger partial charge < -0.3 is 20.1 Å². The number of carbonyl (C=O) groups excluding carboxylic acids is 2. The molecule has 1 heterocycles. The molecule has 0 spiro atoms. The molecule has 3 rings (SSSR count). The van der Waals surface area contributed by atoms with Gasteiger partial charge in [-0.15, -0.1) is 0 Å². The van der Waals surface area contributed by atoms with E-state index in [1.165, 1.54) is 0 Å². The minimum atomic E-state index is -0.556. The third kappa shape index (κ3) is 4.73. The first-order chi connectivity index (χ1) is 13.0. The molecule has 1 aliphatic heterocycles. The van der Waals surface area contributed by atoms with Gasteiger partial charge in [-0.2, -0.15) is 0 Å². The first-order valence-corrected chi connectivity index (χ1v) is 10.0. The molecule has 1 aromatic rings. The van der Waals surface area contributed by atoms with Crippen molar-refractivity contribution in [3.8, 4) is 11.5 Å². The lowest BCUT2D eigenvalue weighted by molar-refractivity contribution is -0.130. The summed E-state index contributed by atoms with van der Waals surface area (Å²) in [6, 6.07) is 3.40. The van der Waals surface area contributed by atoms with Gasteiger partial charge >= 0.3 is 0 Å². The fourth-order valence-electron chi connectivity index (χ4n) is 3.83. The highest BCUT2D eigenvalue weighted by Gasteiger charge is 2.26. The van der Waals surface area contributed by atoms with Crippen LogP contribution in [0, 0.1) is 5.92 Å². The summed E-state index contributed by atoms with van der Waals surface area (Å²) in [7, 11) is 0. The Morgan fingerprint density at radius 3 is 2.74 bits per heavy atom. The van der Waals surface area contributed by atoms with Crippen LogP contribution in [-0.2, 0) is 22.6 Å². The first kappa shape index (κ1) is 19.5. The Bertz CT molecular complexity index is 698. The largest absolute Gasteiger partial charge is 0.494 e. The van der Waals surface area contributed by atoms with Crippen LogP contribution in [0.5, 0.6) is 11.5 Å². The Morgan fingerprint density at radius 1 is 1.30 bits per heavy atom. The fourth-order valence-corrected chi connectivity index (χ4v) is 3.83. The smallest absolute Gasteiger partial charge is 0.242 e. The van der Waals surface area contributed by atoms with Gasteiger partial charge in [0, 0.05) is 30.0 Å². The minimum Gasteiger partial charge on any atom is -0.494 e. The normalized spacial score (nSPS) is 19.9. The Balaban J connectivity index is 1.59. The van der Waals surface area contributed by atoms with E-state index in [-0.39, 0.29) is 23.8 Å². The van der Waals surface area contributed by atoms with E-state index in [0.29, 0.717) is 13.2 Å². The molecule has 148 valence electrons. The highest BCUT2D eigenvalue weighted by molar-refractivity contribution is 5.88. The molecule has 1 aromatic carbocycles. The van der Waals surface area contributed by atoms with Crippen molar-refractivity contribution in [1.82, 2.24) is 10.6 Å². The monoisotopic (exact) mass is 374 g/mol. The maximum Gasteiger partial charge on any atom is 0.242 e. The van der Waals surface area contributed by atoms with Crippen LogP contribution in [-0.4, -0.2) is 30.6 Å². The van der Waals surface area contributed by atoms with Gasteiger partial charge in [0.1, 0.15) is 23.6 Å². The van der Waals surface area contributed by atoms with Crippen LogP contribution in [0.25, 0.3) is 0 Å². The molecule has 6 nitrogen and oxygen atoms in total. The third-order valence-corrected chi connectivity index (χ3v) is 5.31. The summed E-state index contributed by atoms with van der Waals surface area (Å²) in [6.45, 7) is 6.60. The Morgan fingerprint density at radius 2 is 2.04 bits per heavy atom. The van der Waals surface area contributed by atoms with Crippen molar-refractivity contribution in [3.63, 3.8) is 0 Å². The van der Waals surface area contributed by atoms with Crippen molar-refractivity contribution < 1.29 is 19.1 Å². The van der Waals surface area contributed by atoms with E-state index in [1.54, 1.807) is 6.92 Å². The van der Waals surface area contributed by atoms with Crippen LogP contribution in [0.2, 0.25) is 0 Å². The molecule has 1 aliphatic carbocycles. The van der Waals surface area contributed by atoms with Crippen LogP contribution in [0.1, 0.15) is 57.6 Å². The highest BCUT2D eigenvalue weighted by Crippen LogP contribution is 2.35. The molecular formula is C21H30N2O4. The van der Waals surface area contributed by atoms with Crippen molar-refractivity contribution >= 4 is 11.8 Å².